The van der Waals surface area contributed by atoms with E-state index in [0.717, 1.165) is 10.0 Å². The van der Waals surface area contributed by atoms with Crippen molar-refractivity contribution in [3.8, 4) is 11.8 Å². The van der Waals surface area contributed by atoms with Gasteiger partial charge in [-0.25, -0.2) is 0 Å². The molecule has 1 atom stereocenters. The first kappa shape index (κ1) is 12.4. The first-order valence-electron chi connectivity index (χ1n) is 4.62. The third-order valence-electron chi connectivity index (χ3n) is 1.97. The van der Waals surface area contributed by atoms with Gasteiger partial charge in [-0.3, -0.25) is 0 Å². The Morgan fingerprint density at radius 2 is 2.33 bits per heavy atom. The maximum atomic E-state index is 8.82. The normalized spacial score (nSPS) is 11.9. The molecule has 0 aliphatic heterocycles. The fourth-order valence-electron chi connectivity index (χ4n) is 1.13. The van der Waals surface area contributed by atoms with E-state index in [2.05, 4.69) is 22.0 Å². The molecule has 4 heteroatoms. The van der Waals surface area contributed by atoms with Crippen molar-refractivity contribution in [1.82, 2.24) is 0 Å². The van der Waals surface area contributed by atoms with E-state index in [0.29, 0.717) is 18.1 Å². The van der Waals surface area contributed by atoms with Gasteiger partial charge in [-0.05, 0) is 28.4 Å². The molecule has 0 aromatic heterocycles. The third kappa shape index (κ3) is 3.12. The molecule has 0 N–H and O–H groups in total. The summed E-state index contributed by atoms with van der Waals surface area (Å²) in [5.41, 5.74) is 0.889. The van der Waals surface area contributed by atoms with Crippen molar-refractivity contribution in [2.45, 2.75) is 25.3 Å². The summed E-state index contributed by atoms with van der Waals surface area (Å²) in [6.07, 6.45) is 0.227. The molecule has 15 heavy (non-hydrogen) atoms. The van der Waals surface area contributed by atoms with Gasteiger partial charge in [0.25, 0.3) is 0 Å². The van der Waals surface area contributed by atoms with Gasteiger partial charge in [-0.2, -0.15) is 5.26 Å². The number of nitrogens with zero attached hydrogens (tertiary/aromatic N) is 1. The van der Waals surface area contributed by atoms with Crippen molar-refractivity contribution in [3.63, 3.8) is 0 Å². The Morgan fingerprint density at radius 3 is 2.87 bits per heavy atom. The largest absolute Gasteiger partial charge is 0.474 e. The number of ether oxygens (including phenoxy) is 1. The van der Waals surface area contributed by atoms with Crippen LogP contribution in [0.5, 0.6) is 5.75 Å². The van der Waals surface area contributed by atoms with Gasteiger partial charge >= 0.3 is 0 Å². The van der Waals surface area contributed by atoms with E-state index in [1.807, 2.05) is 25.1 Å². The van der Waals surface area contributed by atoms with Crippen LogP contribution < -0.4 is 4.74 Å². The van der Waals surface area contributed by atoms with E-state index in [1.165, 1.54) is 0 Å². The zero-order valence-corrected chi connectivity index (χ0v) is 10.7. The van der Waals surface area contributed by atoms with E-state index < -0.39 is 6.10 Å². The number of alkyl halides is 1. The van der Waals surface area contributed by atoms with Crippen LogP contribution in [0, 0.1) is 11.3 Å². The van der Waals surface area contributed by atoms with Gasteiger partial charge in [-0.1, -0.05) is 19.1 Å². The Hall–Kier alpha value is -0.720. The van der Waals surface area contributed by atoms with Crippen molar-refractivity contribution in [3.05, 3.63) is 28.2 Å². The van der Waals surface area contributed by atoms with Gasteiger partial charge < -0.3 is 4.74 Å². The fourth-order valence-corrected chi connectivity index (χ4v) is 1.85. The van der Waals surface area contributed by atoms with Crippen molar-refractivity contribution >= 4 is 27.5 Å². The Balaban J connectivity index is 2.97. The number of benzene rings is 1. The molecule has 0 aliphatic carbocycles. The first-order chi connectivity index (χ1) is 7.22. The molecule has 0 bridgehead atoms. The SMILES string of the molecule is CCC(C#N)Oc1c(Br)cccc1CCl. The van der Waals surface area contributed by atoms with E-state index in [9.17, 15) is 0 Å². The molecule has 0 heterocycles. The highest BCUT2D eigenvalue weighted by atomic mass is 79.9. The van der Waals surface area contributed by atoms with Crippen LogP contribution in [0.3, 0.4) is 0 Å². The third-order valence-corrected chi connectivity index (χ3v) is 2.88. The van der Waals surface area contributed by atoms with Crippen LogP contribution in [-0.4, -0.2) is 6.10 Å². The summed E-state index contributed by atoms with van der Waals surface area (Å²) in [7, 11) is 0. The van der Waals surface area contributed by atoms with Gasteiger partial charge in [0, 0.05) is 5.56 Å². The highest BCUT2D eigenvalue weighted by Crippen LogP contribution is 2.31. The molecule has 1 unspecified atom stereocenters. The summed E-state index contributed by atoms with van der Waals surface area (Å²) in [5, 5.41) is 8.82. The molecule has 0 saturated heterocycles. The summed E-state index contributed by atoms with van der Waals surface area (Å²) < 4.78 is 6.40. The number of hydrogen-bond acceptors (Lipinski definition) is 2. The topological polar surface area (TPSA) is 33.0 Å². The Morgan fingerprint density at radius 1 is 1.60 bits per heavy atom. The minimum Gasteiger partial charge on any atom is -0.474 e. The Kier molecular flexibility index (Phi) is 4.93. The minimum absolute atomic E-state index is 0.372. The van der Waals surface area contributed by atoms with Crippen molar-refractivity contribution in [2.24, 2.45) is 0 Å². The number of para-hydroxylation sites is 1. The van der Waals surface area contributed by atoms with Crippen LogP contribution in [0.2, 0.25) is 0 Å². The van der Waals surface area contributed by atoms with Gasteiger partial charge in [0.15, 0.2) is 6.10 Å². The second-order valence-electron chi connectivity index (χ2n) is 3.01. The molecule has 0 amide bonds. The maximum Gasteiger partial charge on any atom is 0.184 e. The lowest BCUT2D eigenvalue weighted by Crippen LogP contribution is -2.13. The second-order valence-corrected chi connectivity index (χ2v) is 4.13. The molecule has 0 aliphatic rings. The van der Waals surface area contributed by atoms with E-state index in [4.69, 9.17) is 21.6 Å². The van der Waals surface area contributed by atoms with Crippen LogP contribution in [0.15, 0.2) is 22.7 Å². The standard InChI is InChI=1S/C11H11BrClNO/c1-2-9(7-14)15-11-8(6-13)4-3-5-10(11)12/h3-5,9H,2,6H2,1H3. The molecular formula is C11H11BrClNO. The summed E-state index contributed by atoms with van der Waals surface area (Å²) in [5.74, 6) is 1.04. The smallest absolute Gasteiger partial charge is 0.184 e. The van der Waals surface area contributed by atoms with E-state index in [1.54, 1.807) is 0 Å². The maximum absolute atomic E-state index is 8.82. The predicted octanol–water partition coefficient (Wildman–Crippen LogP) is 3.87. The van der Waals surface area contributed by atoms with E-state index in [-0.39, 0.29) is 0 Å². The molecule has 0 radical (unpaired) electrons. The lowest BCUT2D eigenvalue weighted by molar-refractivity contribution is 0.248. The molecule has 2 nitrogen and oxygen atoms in total. The van der Waals surface area contributed by atoms with Gasteiger partial charge in [0.1, 0.15) is 11.8 Å². The fraction of sp³-hybridized carbons (Fsp3) is 0.364. The molecule has 0 saturated carbocycles. The highest BCUT2D eigenvalue weighted by Gasteiger charge is 2.12. The molecule has 0 spiro atoms. The lowest BCUT2D eigenvalue weighted by Gasteiger charge is -2.14. The average molecular weight is 289 g/mol. The van der Waals surface area contributed by atoms with Gasteiger partial charge in [-0.15, -0.1) is 11.6 Å². The zero-order valence-electron chi connectivity index (χ0n) is 8.34. The number of halogens is 2. The van der Waals surface area contributed by atoms with Gasteiger partial charge in [0.05, 0.1) is 10.4 Å². The van der Waals surface area contributed by atoms with Crippen LogP contribution in [0.1, 0.15) is 18.9 Å². The second kappa shape index (κ2) is 5.99. The Labute approximate surface area is 103 Å². The van der Waals surface area contributed by atoms with Crippen molar-refractivity contribution in [1.29, 1.82) is 5.26 Å². The number of rotatable bonds is 4. The number of hydrogen-bond donors (Lipinski definition) is 0. The van der Waals surface area contributed by atoms with Gasteiger partial charge in [0.2, 0.25) is 0 Å². The molecule has 1 aromatic rings. The predicted molar refractivity (Wildman–Crippen MR) is 64.0 cm³/mol. The van der Waals surface area contributed by atoms with Crippen LogP contribution in [0.25, 0.3) is 0 Å². The monoisotopic (exact) mass is 287 g/mol. The average Bonchev–Trinajstić information content (AvgIpc) is 2.27. The summed E-state index contributed by atoms with van der Waals surface area (Å²) in [6.45, 7) is 1.91. The zero-order chi connectivity index (χ0) is 11.3. The van der Waals surface area contributed by atoms with Crippen molar-refractivity contribution < 1.29 is 4.74 Å². The minimum atomic E-state index is -0.425. The van der Waals surface area contributed by atoms with Crippen LogP contribution in [-0.2, 0) is 5.88 Å². The van der Waals surface area contributed by atoms with Crippen molar-refractivity contribution in [2.75, 3.05) is 0 Å². The molecule has 80 valence electrons. The molecule has 1 rings (SSSR count). The summed E-state index contributed by atoms with van der Waals surface area (Å²) in [6, 6.07) is 7.74. The quantitative estimate of drug-likeness (QED) is 0.788. The Bertz CT molecular complexity index is 375. The molecule has 1 aromatic carbocycles. The van der Waals surface area contributed by atoms with Crippen LogP contribution >= 0.6 is 27.5 Å². The summed E-state index contributed by atoms with van der Waals surface area (Å²) >= 11 is 9.17. The van der Waals surface area contributed by atoms with E-state index >= 15 is 0 Å². The lowest BCUT2D eigenvalue weighted by atomic mass is 10.2. The number of nitriles is 1. The van der Waals surface area contributed by atoms with Crippen LogP contribution in [0.4, 0.5) is 0 Å². The molecular weight excluding hydrogens is 277 g/mol. The molecule has 0 fully saturated rings. The first-order valence-corrected chi connectivity index (χ1v) is 5.95. The summed E-state index contributed by atoms with van der Waals surface area (Å²) in [4.78, 5) is 0. The highest BCUT2D eigenvalue weighted by molar-refractivity contribution is 9.10.